The van der Waals surface area contributed by atoms with Crippen molar-refractivity contribution >= 4 is 17.7 Å². The fourth-order valence-corrected chi connectivity index (χ4v) is 4.58. The molecular formula is C20H29N5O3. The van der Waals surface area contributed by atoms with Crippen LogP contribution in [-0.2, 0) is 17.8 Å². The summed E-state index contributed by atoms with van der Waals surface area (Å²) in [5, 5.41) is 3.10. The smallest absolute Gasteiger partial charge is 0.287 e. The van der Waals surface area contributed by atoms with Gasteiger partial charge in [-0.1, -0.05) is 12.8 Å². The fraction of sp³-hybridized carbons (Fsp3) is 0.700. The summed E-state index contributed by atoms with van der Waals surface area (Å²) in [7, 11) is 0. The molecule has 4 rings (SSSR count). The minimum Gasteiger partial charge on any atom is -0.347 e. The van der Waals surface area contributed by atoms with Crippen LogP contribution < -0.4 is 5.32 Å². The molecule has 0 aromatic carbocycles. The monoisotopic (exact) mass is 387 g/mol. The van der Waals surface area contributed by atoms with E-state index in [9.17, 15) is 14.4 Å². The van der Waals surface area contributed by atoms with Crippen molar-refractivity contribution in [2.24, 2.45) is 0 Å². The Hall–Kier alpha value is -2.38. The van der Waals surface area contributed by atoms with Crippen molar-refractivity contribution in [1.82, 2.24) is 24.7 Å². The average molecular weight is 387 g/mol. The van der Waals surface area contributed by atoms with E-state index in [-0.39, 0.29) is 23.8 Å². The Balaban J connectivity index is 1.54. The second-order valence-electron chi connectivity index (χ2n) is 8.09. The minimum atomic E-state index is -0.157. The van der Waals surface area contributed by atoms with Crippen molar-refractivity contribution in [2.75, 3.05) is 26.2 Å². The molecule has 0 unspecified atom stereocenters. The topological polar surface area (TPSA) is 87.5 Å². The number of aromatic nitrogens is 2. The molecule has 8 nitrogen and oxygen atoms in total. The van der Waals surface area contributed by atoms with Crippen molar-refractivity contribution in [1.29, 1.82) is 0 Å². The van der Waals surface area contributed by atoms with Crippen molar-refractivity contribution in [3.05, 3.63) is 17.2 Å². The van der Waals surface area contributed by atoms with Gasteiger partial charge in [0.15, 0.2) is 5.82 Å². The van der Waals surface area contributed by atoms with Crippen LogP contribution in [0.2, 0.25) is 0 Å². The summed E-state index contributed by atoms with van der Waals surface area (Å²) in [6, 6.07) is 0.225. The Morgan fingerprint density at radius 1 is 0.929 bits per heavy atom. The van der Waals surface area contributed by atoms with Gasteiger partial charge >= 0.3 is 0 Å². The van der Waals surface area contributed by atoms with Gasteiger partial charge in [-0.25, -0.2) is 4.98 Å². The first kappa shape index (κ1) is 19.0. The molecule has 8 heteroatoms. The van der Waals surface area contributed by atoms with E-state index in [4.69, 9.17) is 0 Å². The lowest BCUT2D eigenvalue weighted by Gasteiger charge is -2.34. The van der Waals surface area contributed by atoms with E-state index in [1.54, 1.807) is 16.7 Å². The molecule has 152 valence electrons. The highest BCUT2D eigenvalue weighted by Gasteiger charge is 2.32. The highest BCUT2D eigenvalue weighted by Crippen LogP contribution is 2.24. The number of hydrogen-bond acceptors (Lipinski definition) is 4. The molecule has 0 spiro atoms. The van der Waals surface area contributed by atoms with Gasteiger partial charge in [0.25, 0.3) is 11.8 Å². The second-order valence-corrected chi connectivity index (χ2v) is 8.09. The molecule has 0 atom stereocenters. The standard InChI is InChI=1S/C20H29N5O3/c1-14(26)23-10-12-24(13-11-23)20(28)17-16-8-4-5-9-25(16)18(22-17)19(27)21-15-6-2-3-7-15/h15H,2-13H2,1H3,(H,21,27). The van der Waals surface area contributed by atoms with Crippen LogP contribution in [0, 0.1) is 0 Å². The third kappa shape index (κ3) is 3.64. The first-order valence-corrected chi connectivity index (χ1v) is 10.5. The van der Waals surface area contributed by atoms with E-state index in [1.165, 1.54) is 0 Å². The van der Waals surface area contributed by atoms with Crippen LogP contribution in [0.5, 0.6) is 0 Å². The van der Waals surface area contributed by atoms with E-state index in [0.29, 0.717) is 37.7 Å². The maximum absolute atomic E-state index is 13.1. The summed E-state index contributed by atoms with van der Waals surface area (Å²) in [4.78, 5) is 45.6. The summed E-state index contributed by atoms with van der Waals surface area (Å²) in [5.41, 5.74) is 1.31. The van der Waals surface area contributed by atoms with Gasteiger partial charge in [-0.2, -0.15) is 0 Å². The lowest BCUT2D eigenvalue weighted by Crippen LogP contribution is -2.50. The van der Waals surface area contributed by atoms with E-state index >= 15 is 0 Å². The number of hydrogen-bond donors (Lipinski definition) is 1. The summed E-state index contributed by atoms with van der Waals surface area (Å²) < 4.78 is 1.95. The Morgan fingerprint density at radius 2 is 1.61 bits per heavy atom. The van der Waals surface area contributed by atoms with Crippen LogP contribution in [0.3, 0.4) is 0 Å². The second kappa shape index (κ2) is 7.93. The highest BCUT2D eigenvalue weighted by molar-refractivity contribution is 5.97. The molecule has 3 heterocycles. The van der Waals surface area contributed by atoms with E-state index in [2.05, 4.69) is 10.3 Å². The van der Waals surface area contributed by atoms with Crippen molar-refractivity contribution in [3.63, 3.8) is 0 Å². The zero-order valence-corrected chi connectivity index (χ0v) is 16.6. The summed E-state index contributed by atoms with van der Waals surface area (Å²) in [6.45, 7) is 4.40. The molecule has 0 radical (unpaired) electrons. The number of imidazole rings is 1. The summed E-state index contributed by atoms with van der Waals surface area (Å²) in [5.74, 6) is 0.147. The molecule has 28 heavy (non-hydrogen) atoms. The minimum absolute atomic E-state index is 0.0392. The molecule has 1 saturated heterocycles. The zero-order chi connectivity index (χ0) is 19.7. The van der Waals surface area contributed by atoms with Crippen molar-refractivity contribution < 1.29 is 14.4 Å². The maximum Gasteiger partial charge on any atom is 0.287 e. The number of amides is 3. The van der Waals surface area contributed by atoms with Crippen molar-refractivity contribution in [2.45, 2.75) is 64.5 Å². The number of nitrogens with one attached hydrogen (secondary N) is 1. The van der Waals surface area contributed by atoms with Gasteiger partial charge in [0, 0.05) is 45.7 Å². The van der Waals surface area contributed by atoms with Crippen LogP contribution in [0.1, 0.15) is 72.3 Å². The van der Waals surface area contributed by atoms with Gasteiger partial charge in [0.1, 0.15) is 5.69 Å². The third-order valence-electron chi connectivity index (χ3n) is 6.23. The van der Waals surface area contributed by atoms with E-state index in [0.717, 1.165) is 57.2 Å². The predicted octanol–water partition coefficient (Wildman–Crippen LogP) is 1.20. The van der Waals surface area contributed by atoms with Gasteiger partial charge < -0.3 is 19.7 Å². The number of rotatable bonds is 3. The molecule has 1 aromatic rings. The average Bonchev–Trinajstić information content (AvgIpc) is 3.35. The molecule has 3 amide bonds. The highest BCUT2D eigenvalue weighted by atomic mass is 16.2. The quantitative estimate of drug-likeness (QED) is 0.844. The summed E-state index contributed by atoms with van der Waals surface area (Å²) >= 11 is 0. The zero-order valence-electron chi connectivity index (χ0n) is 16.6. The molecular weight excluding hydrogens is 358 g/mol. The first-order valence-electron chi connectivity index (χ1n) is 10.5. The number of carbonyl (C=O) groups excluding carboxylic acids is 3. The van der Waals surface area contributed by atoms with Gasteiger partial charge in [-0.15, -0.1) is 0 Å². The maximum atomic E-state index is 13.1. The molecule has 1 aromatic heterocycles. The predicted molar refractivity (Wildman–Crippen MR) is 103 cm³/mol. The van der Waals surface area contributed by atoms with Crippen LogP contribution in [0.15, 0.2) is 0 Å². The fourth-order valence-electron chi connectivity index (χ4n) is 4.58. The Kier molecular flexibility index (Phi) is 5.37. The van der Waals surface area contributed by atoms with E-state index in [1.807, 2.05) is 4.57 Å². The molecule has 1 aliphatic carbocycles. The summed E-state index contributed by atoms with van der Waals surface area (Å²) in [6.07, 6.45) is 7.13. The Morgan fingerprint density at radius 3 is 2.29 bits per heavy atom. The number of carbonyl (C=O) groups is 3. The van der Waals surface area contributed by atoms with Crippen LogP contribution >= 0.6 is 0 Å². The molecule has 0 bridgehead atoms. The molecule has 1 N–H and O–H groups in total. The first-order chi connectivity index (χ1) is 13.5. The Labute approximate surface area is 165 Å². The molecule has 3 aliphatic rings. The largest absolute Gasteiger partial charge is 0.347 e. The lowest BCUT2D eigenvalue weighted by molar-refractivity contribution is -0.130. The van der Waals surface area contributed by atoms with Gasteiger partial charge in [-0.05, 0) is 32.1 Å². The number of nitrogens with zero attached hydrogens (tertiary/aromatic N) is 4. The van der Waals surface area contributed by atoms with Gasteiger partial charge in [-0.3, -0.25) is 14.4 Å². The number of fused-ring (bicyclic) bond motifs is 1. The van der Waals surface area contributed by atoms with Crippen molar-refractivity contribution in [3.8, 4) is 0 Å². The number of piperazine rings is 1. The van der Waals surface area contributed by atoms with Crippen LogP contribution in [0.25, 0.3) is 0 Å². The normalized spacial score (nSPS) is 20.2. The lowest BCUT2D eigenvalue weighted by atomic mass is 10.1. The van der Waals surface area contributed by atoms with Crippen LogP contribution in [-0.4, -0.2) is 69.3 Å². The molecule has 1 saturated carbocycles. The van der Waals surface area contributed by atoms with E-state index < -0.39 is 0 Å². The van der Waals surface area contributed by atoms with Gasteiger partial charge in [0.05, 0.1) is 5.69 Å². The van der Waals surface area contributed by atoms with Crippen LogP contribution in [0.4, 0.5) is 0 Å². The molecule has 2 fully saturated rings. The molecule has 2 aliphatic heterocycles. The Bertz CT molecular complexity index is 773. The SMILES string of the molecule is CC(=O)N1CCN(C(=O)c2nc(C(=O)NC3CCCC3)n3c2CCCC3)CC1. The third-order valence-corrected chi connectivity index (χ3v) is 6.23. The van der Waals surface area contributed by atoms with Gasteiger partial charge in [0.2, 0.25) is 5.91 Å².